The van der Waals surface area contributed by atoms with E-state index in [-0.39, 0.29) is 12.4 Å². The van der Waals surface area contributed by atoms with Crippen molar-refractivity contribution in [2.24, 2.45) is 12.8 Å². The van der Waals surface area contributed by atoms with Gasteiger partial charge in [-0.05, 0) is 5.21 Å². The van der Waals surface area contributed by atoms with Gasteiger partial charge >= 0.3 is 0 Å². The third-order valence-corrected chi connectivity index (χ3v) is 1.05. The Labute approximate surface area is 57.6 Å². The Hall–Kier alpha value is -1.01. The van der Waals surface area contributed by atoms with Crippen LogP contribution in [0.1, 0.15) is 11.9 Å². The van der Waals surface area contributed by atoms with E-state index in [0.29, 0.717) is 0 Å². The van der Waals surface area contributed by atoms with E-state index in [1.807, 2.05) is 0 Å². The zero-order valence-corrected chi connectivity index (χ0v) is 5.60. The number of aryl methyl sites for hydroxylation is 1. The fraction of sp³-hybridized carbons (Fsp3) is 0.750. The van der Waals surface area contributed by atoms with Gasteiger partial charge in [0.05, 0.1) is 7.05 Å². The zero-order valence-electron chi connectivity index (χ0n) is 5.60. The molecule has 0 spiro atoms. The molecule has 0 saturated carbocycles. The van der Waals surface area contributed by atoms with Crippen LogP contribution in [0.15, 0.2) is 0 Å². The molecular weight excluding hydrogens is 134 g/mol. The van der Waals surface area contributed by atoms with Gasteiger partial charge in [0.2, 0.25) is 5.82 Å². The highest BCUT2D eigenvalue weighted by atomic mass is 16.3. The Bertz CT molecular complexity index is 209. The molecule has 6 nitrogen and oxygen atoms in total. The molecule has 1 aromatic rings. The number of aromatic nitrogens is 4. The summed E-state index contributed by atoms with van der Waals surface area (Å²) < 4.78 is 0. The summed E-state index contributed by atoms with van der Waals surface area (Å²) in [4.78, 5) is 1.27. The second-order valence-corrected chi connectivity index (χ2v) is 1.89. The van der Waals surface area contributed by atoms with Crippen molar-refractivity contribution in [1.82, 2.24) is 20.2 Å². The largest absolute Gasteiger partial charge is 0.384 e. The van der Waals surface area contributed by atoms with Gasteiger partial charge in [-0.3, -0.25) is 0 Å². The van der Waals surface area contributed by atoms with E-state index >= 15 is 0 Å². The smallest absolute Gasteiger partial charge is 0.204 e. The van der Waals surface area contributed by atoms with E-state index in [0.717, 1.165) is 0 Å². The Morgan fingerprint density at radius 1 is 1.80 bits per heavy atom. The minimum atomic E-state index is -0.798. The van der Waals surface area contributed by atoms with E-state index in [9.17, 15) is 0 Å². The maximum Gasteiger partial charge on any atom is 0.204 e. The van der Waals surface area contributed by atoms with Crippen molar-refractivity contribution in [3.05, 3.63) is 5.82 Å². The van der Waals surface area contributed by atoms with Crippen molar-refractivity contribution in [2.45, 2.75) is 6.10 Å². The second-order valence-electron chi connectivity index (χ2n) is 1.89. The molecule has 0 unspecified atom stereocenters. The average molecular weight is 143 g/mol. The van der Waals surface area contributed by atoms with Crippen LogP contribution in [0.5, 0.6) is 0 Å². The first-order chi connectivity index (χ1) is 4.74. The topological polar surface area (TPSA) is 89.8 Å². The third kappa shape index (κ3) is 1.28. The van der Waals surface area contributed by atoms with Gasteiger partial charge in [-0.25, -0.2) is 0 Å². The van der Waals surface area contributed by atoms with Gasteiger partial charge in [-0.15, -0.1) is 10.2 Å². The van der Waals surface area contributed by atoms with Crippen molar-refractivity contribution in [2.75, 3.05) is 6.54 Å². The van der Waals surface area contributed by atoms with E-state index in [1.54, 1.807) is 7.05 Å². The highest BCUT2D eigenvalue weighted by molar-refractivity contribution is 4.83. The molecule has 0 radical (unpaired) electrons. The van der Waals surface area contributed by atoms with Crippen molar-refractivity contribution in [3.63, 3.8) is 0 Å². The molecule has 0 bridgehead atoms. The molecule has 3 N–H and O–H groups in total. The number of aliphatic hydroxyl groups excluding tert-OH is 1. The van der Waals surface area contributed by atoms with Crippen molar-refractivity contribution < 1.29 is 5.11 Å². The highest BCUT2D eigenvalue weighted by Gasteiger charge is 2.09. The van der Waals surface area contributed by atoms with Gasteiger partial charge in [0, 0.05) is 6.54 Å². The lowest BCUT2D eigenvalue weighted by molar-refractivity contribution is 0.176. The molecule has 0 saturated heterocycles. The minimum absolute atomic E-state index is 0.117. The quantitative estimate of drug-likeness (QED) is 0.510. The summed E-state index contributed by atoms with van der Waals surface area (Å²) in [5.41, 5.74) is 5.15. The van der Waals surface area contributed by atoms with Crippen LogP contribution in [0.4, 0.5) is 0 Å². The van der Waals surface area contributed by atoms with Crippen LogP contribution < -0.4 is 5.73 Å². The summed E-state index contributed by atoms with van der Waals surface area (Å²) in [6.07, 6.45) is -0.798. The maximum atomic E-state index is 9.04. The molecule has 1 atom stereocenters. The zero-order chi connectivity index (χ0) is 7.56. The van der Waals surface area contributed by atoms with Gasteiger partial charge in [-0.2, -0.15) is 4.80 Å². The molecule has 0 aliphatic carbocycles. The van der Waals surface area contributed by atoms with Crippen LogP contribution in [0, 0.1) is 0 Å². The van der Waals surface area contributed by atoms with Crippen LogP contribution in [0.3, 0.4) is 0 Å². The van der Waals surface area contributed by atoms with E-state index < -0.39 is 6.10 Å². The number of nitrogens with two attached hydrogens (primary N) is 1. The lowest BCUT2D eigenvalue weighted by Crippen LogP contribution is -2.13. The first-order valence-electron chi connectivity index (χ1n) is 2.86. The number of aliphatic hydroxyl groups is 1. The molecule has 6 heteroatoms. The first kappa shape index (κ1) is 7.10. The van der Waals surface area contributed by atoms with Crippen LogP contribution in [-0.4, -0.2) is 31.9 Å². The molecule has 0 aliphatic heterocycles. The lowest BCUT2D eigenvalue weighted by Gasteiger charge is -1.97. The average Bonchev–Trinajstić information content (AvgIpc) is 2.34. The van der Waals surface area contributed by atoms with Gasteiger partial charge in [0.25, 0.3) is 0 Å². The fourth-order valence-electron chi connectivity index (χ4n) is 0.538. The molecule has 10 heavy (non-hydrogen) atoms. The van der Waals surface area contributed by atoms with Crippen LogP contribution in [0.25, 0.3) is 0 Å². The molecule has 56 valence electrons. The fourth-order valence-corrected chi connectivity index (χ4v) is 0.538. The summed E-state index contributed by atoms with van der Waals surface area (Å²) in [5, 5.41) is 19.9. The number of hydrogen-bond acceptors (Lipinski definition) is 5. The minimum Gasteiger partial charge on any atom is -0.384 e. The number of rotatable bonds is 2. The summed E-state index contributed by atoms with van der Waals surface area (Å²) in [6.45, 7) is 0.117. The maximum absolute atomic E-state index is 9.04. The van der Waals surface area contributed by atoms with Crippen molar-refractivity contribution in [1.29, 1.82) is 0 Å². The molecule has 0 fully saturated rings. The molecular formula is C4H9N5O. The molecule has 0 aromatic carbocycles. The highest BCUT2D eigenvalue weighted by Crippen LogP contribution is 2.00. The normalized spacial score (nSPS) is 13.5. The van der Waals surface area contributed by atoms with Crippen LogP contribution in [0.2, 0.25) is 0 Å². The van der Waals surface area contributed by atoms with Gasteiger partial charge < -0.3 is 10.8 Å². The predicted octanol–water partition coefficient (Wildman–Crippen LogP) is -1.80. The van der Waals surface area contributed by atoms with E-state index in [4.69, 9.17) is 10.8 Å². The Balaban J connectivity index is 2.74. The molecule has 1 heterocycles. The van der Waals surface area contributed by atoms with E-state index in [2.05, 4.69) is 15.4 Å². The molecule has 0 amide bonds. The second kappa shape index (κ2) is 2.72. The van der Waals surface area contributed by atoms with Gasteiger partial charge in [-0.1, -0.05) is 0 Å². The number of hydrogen-bond donors (Lipinski definition) is 2. The van der Waals surface area contributed by atoms with Crippen LogP contribution in [-0.2, 0) is 7.05 Å². The molecule has 1 rings (SSSR count). The molecule has 0 aliphatic rings. The van der Waals surface area contributed by atoms with Gasteiger partial charge in [0.1, 0.15) is 6.10 Å². The summed E-state index contributed by atoms with van der Waals surface area (Å²) >= 11 is 0. The first-order valence-corrected chi connectivity index (χ1v) is 2.86. The Morgan fingerprint density at radius 2 is 2.50 bits per heavy atom. The lowest BCUT2D eigenvalue weighted by atomic mass is 10.3. The van der Waals surface area contributed by atoms with Crippen molar-refractivity contribution in [3.8, 4) is 0 Å². The summed E-state index contributed by atoms with van der Waals surface area (Å²) in [7, 11) is 1.62. The summed E-state index contributed by atoms with van der Waals surface area (Å²) in [5.74, 6) is 0.269. The molecule has 1 aromatic heterocycles. The Kier molecular flexibility index (Phi) is 1.93. The van der Waals surface area contributed by atoms with Gasteiger partial charge in [0.15, 0.2) is 0 Å². The number of tetrazole rings is 1. The van der Waals surface area contributed by atoms with E-state index in [1.165, 1.54) is 4.80 Å². The predicted molar refractivity (Wildman–Crippen MR) is 32.8 cm³/mol. The standard InChI is InChI=1S/C4H9N5O/c1-9-7-4(6-8-9)3(10)2-5/h3,10H,2,5H2,1H3/t3-/m0/s1. The SMILES string of the molecule is Cn1nnc([C@@H](O)CN)n1. The summed E-state index contributed by atoms with van der Waals surface area (Å²) in [6, 6.07) is 0. The monoisotopic (exact) mass is 143 g/mol. The third-order valence-electron chi connectivity index (χ3n) is 1.05. The number of nitrogens with zero attached hydrogens (tertiary/aromatic N) is 4. The van der Waals surface area contributed by atoms with Crippen LogP contribution >= 0.6 is 0 Å². The van der Waals surface area contributed by atoms with Crippen molar-refractivity contribution >= 4 is 0 Å². The Morgan fingerprint density at radius 3 is 2.90 bits per heavy atom.